The molecule has 0 aliphatic carbocycles. The Morgan fingerprint density at radius 3 is 2.42 bits per heavy atom. The predicted octanol–water partition coefficient (Wildman–Crippen LogP) is 3.58. The van der Waals surface area contributed by atoms with Gasteiger partial charge in [0.25, 0.3) is 17.2 Å². The van der Waals surface area contributed by atoms with E-state index in [-0.39, 0.29) is 29.4 Å². The fourth-order valence-corrected chi connectivity index (χ4v) is 3.30. The smallest absolute Gasteiger partial charge is 0.272 e. The number of H-pyrrole nitrogens is 1. The van der Waals surface area contributed by atoms with Crippen molar-refractivity contribution in [1.82, 2.24) is 19.6 Å². The summed E-state index contributed by atoms with van der Waals surface area (Å²) in [6.45, 7) is 5.60. The van der Waals surface area contributed by atoms with E-state index >= 15 is 0 Å². The Hall–Kier alpha value is -3.81. The molecule has 0 fully saturated rings. The molecule has 2 aromatic heterocycles. The standard InChI is InChI=1S/C23H22FN5O2/c1-4-16-9-11-17(12-10-16)13-28(21(31)18-7-5-6-8-19(18)24)23-26-22-25-15(3)14(2)20(30)29(22)27-23/h5-12H,4,13H2,1-3H3,(H,25,26,27). The van der Waals surface area contributed by atoms with Gasteiger partial charge in [-0.3, -0.25) is 19.6 Å². The highest BCUT2D eigenvalue weighted by atomic mass is 19.1. The number of amides is 1. The lowest BCUT2D eigenvalue weighted by molar-refractivity contribution is 0.0979. The number of anilines is 1. The Labute approximate surface area is 178 Å². The topological polar surface area (TPSA) is 83.4 Å². The molecule has 2 heterocycles. The van der Waals surface area contributed by atoms with E-state index in [1.807, 2.05) is 24.3 Å². The van der Waals surface area contributed by atoms with Gasteiger partial charge in [0.1, 0.15) is 5.82 Å². The molecule has 1 N–H and O–H groups in total. The minimum atomic E-state index is -0.628. The van der Waals surface area contributed by atoms with Crippen LogP contribution >= 0.6 is 0 Å². The third-order valence-corrected chi connectivity index (χ3v) is 5.33. The van der Waals surface area contributed by atoms with Crippen molar-refractivity contribution in [1.29, 1.82) is 0 Å². The van der Waals surface area contributed by atoms with E-state index < -0.39 is 11.7 Å². The summed E-state index contributed by atoms with van der Waals surface area (Å²) in [6, 6.07) is 13.6. The number of nitrogens with one attached hydrogen (secondary N) is 1. The van der Waals surface area contributed by atoms with Gasteiger partial charge >= 0.3 is 0 Å². The molecule has 0 spiro atoms. The van der Waals surface area contributed by atoms with E-state index in [9.17, 15) is 14.0 Å². The summed E-state index contributed by atoms with van der Waals surface area (Å²) < 4.78 is 15.6. The number of hydrogen-bond donors (Lipinski definition) is 1. The Kier molecular flexibility index (Phi) is 5.37. The van der Waals surface area contributed by atoms with Crippen molar-refractivity contribution in [2.24, 2.45) is 0 Å². The fourth-order valence-electron chi connectivity index (χ4n) is 3.30. The van der Waals surface area contributed by atoms with Gasteiger partial charge in [0.2, 0.25) is 5.95 Å². The number of aryl methyl sites for hydroxylation is 2. The fraction of sp³-hybridized carbons (Fsp3) is 0.217. The summed E-state index contributed by atoms with van der Waals surface area (Å²) in [5.74, 6) is -0.937. The van der Waals surface area contributed by atoms with Crippen molar-refractivity contribution in [3.8, 4) is 0 Å². The number of benzene rings is 2. The number of carbonyl (C=O) groups is 1. The lowest BCUT2D eigenvalue weighted by Crippen LogP contribution is -2.32. The number of halogens is 1. The third kappa shape index (κ3) is 3.84. The molecule has 7 nitrogen and oxygen atoms in total. The first-order valence-corrected chi connectivity index (χ1v) is 9.99. The Balaban J connectivity index is 1.82. The van der Waals surface area contributed by atoms with Crippen LogP contribution < -0.4 is 10.5 Å². The minimum absolute atomic E-state index is 0.0826. The van der Waals surface area contributed by atoms with Crippen molar-refractivity contribution in [3.63, 3.8) is 0 Å². The summed E-state index contributed by atoms with van der Waals surface area (Å²) in [5, 5.41) is 2.86. The second-order valence-electron chi connectivity index (χ2n) is 7.35. The molecule has 0 atom stereocenters. The van der Waals surface area contributed by atoms with Gasteiger partial charge in [0, 0.05) is 11.3 Å². The van der Waals surface area contributed by atoms with Crippen LogP contribution in [0.2, 0.25) is 0 Å². The average Bonchev–Trinajstić information content (AvgIpc) is 3.20. The van der Waals surface area contributed by atoms with Gasteiger partial charge in [-0.05, 0) is 43.5 Å². The van der Waals surface area contributed by atoms with Crippen LogP contribution in [-0.2, 0) is 13.0 Å². The van der Waals surface area contributed by atoms with Crippen LogP contribution in [0.25, 0.3) is 5.78 Å². The Morgan fingerprint density at radius 2 is 1.74 bits per heavy atom. The van der Waals surface area contributed by atoms with E-state index in [4.69, 9.17) is 0 Å². The monoisotopic (exact) mass is 419 g/mol. The van der Waals surface area contributed by atoms with Crippen LogP contribution in [-0.4, -0.2) is 25.5 Å². The molecule has 0 unspecified atom stereocenters. The van der Waals surface area contributed by atoms with Crippen LogP contribution in [0.15, 0.2) is 53.3 Å². The van der Waals surface area contributed by atoms with Gasteiger partial charge < -0.3 is 0 Å². The molecule has 158 valence electrons. The molecule has 0 aliphatic heterocycles. The Morgan fingerprint density at radius 1 is 1.06 bits per heavy atom. The van der Waals surface area contributed by atoms with Crippen molar-refractivity contribution in [2.45, 2.75) is 33.7 Å². The van der Waals surface area contributed by atoms with Gasteiger partial charge in [0.05, 0.1) is 12.1 Å². The van der Waals surface area contributed by atoms with Crippen LogP contribution in [0.4, 0.5) is 10.3 Å². The van der Waals surface area contributed by atoms with E-state index in [0.29, 0.717) is 11.3 Å². The minimum Gasteiger partial charge on any atom is -0.272 e. The van der Waals surface area contributed by atoms with E-state index in [2.05, 4.69) is 22.0 Å². The zero-order valence-corrected chi connectivity index (χ0v) is 17.5. The molecule has 2 aromatic carbocycles. The molecule has 0 saturated heterocycles. The molecule has 8 heteroatoms. The lowest BCUT2D eigenvalue weighted by Gasteiger charge is -2.20. The van der Waals surface area contributed by atoms with Crippen LogP contribution in [0.5, 0.6) is 0 Å². The molecule has 0 radical (unpaired) electrons. The van der Waals surface area contributed by atoms with Gasteiger partial charge in [-0.25, -0.2) is 9.37 Å². The average molecular weight is 419 g/mol. The van der Waals surface area contributed by atoms with Gasteiger partial charge in [-0.1, -0.05) is 43.3 Å². The molecule has 1 amide bonds. The number of hydrogen-bond acceptors (Lipinski definition) is 4. The lowest BCUT2D eigenvalue weighted by atomic mass is 10.1. The molecule has 4 rings (SSSR count). The number of aromatic nitrogens is 4. The third-order valence-electron chi connectivity index (χ3n) is 5.33. The molecular formula is C23H22FN5O2. The summed E-state index contributed by atoms with van der Waals surface area (Å²) in [6.07, 6.45) is 0.898. The van der Waals surface area contributed by atoms with Crippen molar-refractivity contribution >= 4 is 17.6 Å². The van der Waals surface area contributed by atoms with Crippen LogP contribution in [0.1, 0.15) is 39.7 Å². The number of aromatic amines is 1. The quantitative estimate of drug-likeness (QED) is 0.536. The maximum atomic E-state index is 14.4. The van der Waals surface area contributed by atoms with E-state index in [1.165, 1.54) is 33.2 Å². The van der Waals surface area contributed by atoms with Gasteiger partial charge in [-0.2, -0.15) is 9.50 Å². The molecule has 31 heavy (non-hydrogen) atoms. The molecule has 4 aromatic rings. The van der Waals surface area contributed by atoms with E-state index in [0.717, 1.165) is 12.0 Å². The van der Waals surface area contributed by atoms with Crippen LogP contribution in [0.3, 0.4) is 0 Å². The van der Waals surface area contributed by atoms with E-state index in [1.54, 1.807) is 19.9 Å². The maximum Gasteiger partial charge on any atom is 0.277 e. The zero-order chi connectivity index (χ0) is 22.1. The van der Waals surface area contributed by atoms with Crippen molar-refractivity contribution in [3.05, 3.63) is 92.6 Å². The van der Waals surface area contributed by atoms with Crippen LogP contribution in [0, 0.1) is 19.7 Å². The molecule has 0 saturated carbocycles. The second kappa shape index (κ2) is 8.14. The largest absolute Gasteiger partial charge is 0.277 e. The Bertz CT molecular complexity index is 1320. The summed E-state index contributed by atoms with van der Waals surface area (Å²) in [5.41, 5.74) is 2.67. The normalized spacial score (nSPS) is 11.1. The summed E-state index contributed by atoms with van der Waals surface area (Å²) >= 11 is 0. The maximum absolute atomic E-state index is 14.4. The zero-order valence-electron chi connectivity index (χ0n) is 17.5. The highest BCUT2D eigenvalue weighted by Gasteiger charge is 2.24. The predicted molar refractivity (Wildman–Crippen MR) is 116 cm³/mol. The van der Waals surface area contributed by atoms with Gasteiger partial charge in [0.15, 0.2) is 0 Å². The first-order chi connectivity index (χ1) is 14.9. The van der Waals surface area contributed by atoms with Gasteiger partial charge in [-0.15, -0.1) is 0 Å². The molecule has 0 aliphatic rings. The first kappa shape index (κ1) is 20.5. The second-order valence-corrected chi connectivity index (χ2v) is 7.35. The first-order valence-electron chi connectivity index (χ1n) is 9.99. The molecular weight excluding hydrogens is 397 g/mol. The van der Waals surface area contributed by atoms with Crippen molar-refractivity contribution < 1.29 is 9.18 Å². The summed E-state index contributed by atoms with van der Waals surface area (Å²) in [4.78, 5) is 35.9. The number of nitrogens with zero attached hydrogens (tertiary/aromatic N) is 4. The highest BCUT2D eigenvalue weighted by molar-refractivity contribution is 6.05. The number of fused-ring (bicyclic) bond motifs is 1. The highest BCUT2D eigenvalue weighted by Crippen LogP contribution is 2.19. The summed E-state index contributed by atoms with van der Waals surface area (Å²) in [7, 11) is 0. The molecule has 0 bridgehead atoms. The number of rotatable bonds is 5. The number of carbonyl (C=O) groups excluding carboxylic acids is 1. The van der Waals surface area contributed by atoms with Crippen molar-refractivity contribution in [2.75, 3.05) is 4.90 Å². The SMILES string of the molecule is CCc1ccc(CN(C(=O)c2ccccc2F)c2nc3nc(C)c(C)c(=O)n3[nH]2)cc1.